The number of nitrogens with two attached hydrogens (primary N) is 1. The number of hydrogen-bond acceptors (Lipinski definition) is 6. The predicted molar refractivity (Wildman–Crippen MR) is 50.9 cm³/mol. The third-order valence-electron chi connectivity index (χ3n) is 1.66. The number of carbonyl (C=O) groups is 1. The van der Waals surface area contributed by atoms with E-state index in [1.54, 1.807) is 7.05 Å². The van der Waals surface area contributed by atoms with Gasteiger partial charge < -0.3 is 15.8 Å². The van der Waals surface area contributed by atoms with E-state index in [4.69, 9.17) is 10.9 Å². The molecule has 1 aliphatic rings. The van der Waals surface area contributed by atoms with Crippen LogP contribution >= 0.6 is 11.8 Å². The van der Waals surface area contributed by atoms with Gasteiger partial charge in [-0.3, -0.25) is 4.79 Å². The molecule has 0 radical (unpaired) electrons. The lowest BCUT2D eigenvalue weighted by Crippen LogP contribution is -2.49. The van der Waals surface area contributed by atoms with Crippen molar-refractivity contribution in [1.82, 2.24) is 4.90 Å². The second-order valence-electron chi connectivity index (χ2n) is 2.44. The first-order valence-corrected chi connectivity index (χ1v) is 4.76. The summed E-state index contributed by atoms with van der Waals surface area (Å²) in [7, 11) is 1.57. The SMILES string of the molecule is CSC1N=C(N)C(=NO)C(=O)N1C. The van der Waals surface area contributed by atoms with E-state index >= 15 is 0 Å². The van der Waals surface area contributed by atoms with Crippen molar-refractivity contribution in [2.75, 3.05) is 13.3 Å². The quantitative estimate of drug-likeness (QED) is 0.434. The van der Waals surface area contributed by atoms with E-state index in [2.05, 4.69) is 10.1 Å². The van der Waals surface area contributed by atoms with E-state index in [0.29, 0.717) is 0 Å². The average molecular weight is 202 g/mol. The Morgan fingerprint density at radius 2 is 2.38 bits per heavy atom. The zero-order valence-electron chi connectivity index (χ0n) is 7.26. The number of thioether (sulfide) groups is 1. The van der Waals surface area contributed by atoms with Crippen molar-refractivity contribution in [3.8, 4) is 0 Å². The van der Waals surface area contributed by atoms with Gasteiger partial charge in [0.05, 0.1) is 0 Å². The van der Waals surface area contributed by atoms with Gasteiger partial charge in [-0.15, -0.1) is 11.8 Å². The molecule has 1 rings (SSSR count). The third-order valence-corrected chi connectivity index (χ3v) is 2.50. The Balaban J connectivity index is 3.06. The van der Waals surface area contributed by atoms with Crippen LogP contribution in [0.5, 0.6) is 0 Å². The van der Waals surface area contributed by atoms with E-state index in [1.165, 1.54) is 16.7 Å². The van der Waals surface area contributed by atoms with Gasteiger partial charge in [-0.25, -0.2) is 4.99 Å². The van der Waals surface area contributed by atoms with Crippen LogP contribution in [0.1, 0.15) is 0 Å². The second kappa shape index (κ2) is 3.65. The van der Waals surface area contributed by atoms with Gasteiger partial charge in [0.25, 0.3) is 5.91 Å². The molecule has 72 valence electrons. The van der Waals surface area contributed by atoms with Crippen LogP contribution in [0.4, 0.5) is 0 Å². The highest BCUT2D eigenvalue weighted by molar-refractivity contribution is 7.99. The minimum Gasteiger partial charge on any atom is -0.410 e. The first-order chi connectivity index (χ1) is 6.11. The standard InChI is InChI=1S/C6H10N4O2S/c1-10-5(11)3(9-12)4(7)8-6(10)13-2/h6,12H,1-2H3,(H2,7,8). The highest BCUT2D eigenvalue weighted by Crippen LogP contribution is 2.16. The van der Waals surface area contributed by atoms with Gasteiger partial charge in [0.1, 0.15) is 0 Å². The number of carbonyl (C=O) groups excluding carboxylic acids is 1. The minimum atomic E-state index is -0.422. The molecular formula is C6H10N4O2S. The molecule has 0 aromatic heterocycles. The lowest BCUT2D eigenvalue weighted by molar-refractivity contribution is -0.123. The number of hydrogen-bond donors (Lipinski definition) is 2. The van der Waals surface area contributed by atoms with Crippen LogP contribution in [-0.2, 0) is 4.79 Å². The lowest BCUT2D eigenvalue weighted by atomic mass is 10.3. The van der Waals surface area contributed by atoms with Crippen LogP contribution in [0.25, 0.3) is 0 Å². The molecule has 6 nitrogen and oxygen atoms in total. The van der Waals surface area contributed by atoms with Gasteiger partial charge in [-0.05, 0) is 6.26 Å². The van der Waals surface area contributed by atoms with Crippen LogP contribution < -0.4 is 5.73 Å². The van der Waals surface area contributed by atoms with Gasteiger partial charge >= 0.3 is 0 Å². The lowest BCUT2D eigenvalue weighted by Gasteiger charge is -2.27. The second-order valence-corrected chi connectivity index (χ2v) is 3.33. The largest absolute Gasteiger partial charge is 0.410 e. The molecule has 13 heavy (non-hydrogen) atoms. The van der Waals surface area contributed by atoms with Crippen molar-refractivity contribution in [2.45, 2.75) is 5.50 Å². The molecule has 0 fully saturated rings. The number of aliphatic imine (C=N–C) groups is 1. The van der Waals surface area contributed by atoms with Gasteiger partial charge in [-0.1, -0.05) is 5.16 Å². The van der Waals surface area contributed by atoms with Crippen LogP contribution in [0.3, 0.4) is 0 Å². The fourth-order valence-electron chi connectivity index (χ4n) is 0.948. The maximum Gasteiger partial charge on any atom is 0.281 e. The highest BCUT2D eigenvalue weighted by atomic mass is 32.2. The molecule has 0 aliphatic carbocycles. The molecule has 3 N–H and O–H groups in total. The number of oxime groups is 1. The van der Waals surface area contributed by atoms with Crippen molar-refractivity contribution in [3.05, 3.63) is 0 Å². The van der Waals surface area contributed by atoms with Crippen LogP contribution in [0, 0.1) is 0 Å². The summed E-state index contributed by atoms with van der Waals surface area (Å²) >= 11 is 1.37. The van der Waals surface area contributed by atoms with Gasteiger partial charge in [0.15, 0.2) is 11.3 Å². The summed E-state index contributed by atoms with van der Waals surface area (Å²) in [5.41, 5.74) is 4.87. The number of rotatable bonds is 1. The zero-order valence-corrected chi connectivity index (χ0v) is 8.08. The Labute approximate surface area is 79.5 Å². The van der Waals surface area contributed by atoms with E-state index in [1.807, 2.05) is 6.26 Å². The zero-order chi connectivity index (χ0) is 10.0. The van der Waals surface area contributed by atoms with Crippen molar-refractivity contribution in [3.63, 3.8) is 0 Å². The molecule has 1 aliphatic heterocycles. The summed E-state index contributed by atoms with van der Waals surface area (Å²) in [6.07, 6.45) is 1.81. The summed E-state index contributed by atoms with van der Waals surface area (Å²) in [4.78, 5) is 16.7. The normalized spacial score (nSPS) is 26.5. The molecule has 1 unspecified atom stereocenters. The predicted octanol–water partition coefficient (Wildman–Crippen LogP) is -0.708. The summed E-state index contributed by atoms with van der Waals surface area (Å²) < 4.78 is 0. The molecule has 0 spiro atoms. The molecule has 0 bridgehead atoms. The Morgan fingerprint density at radius 1 is 1.77 bits per heavy atom. The number of amides is 1. The number of amidine groups is 1. The van der Waals surface area contributed by atoms with Gasteiger partial charge in [0.2, 0.25) is 5.71 Å². The van der Waals surface area contributed by atoms with Crippen LogP contribution in [-0.4, -0.2) is 46.4 Å². The average Bonchev–Trinajstić information content (AvgIpc) is 2.12. The summed E-state index contributed by atoms with van der Waals surface area (Å²) in [6, 6.07) is 0. The number of nitrogens with zero attached hydrogens (tertiary/aromatic N) is 3. The Kier molecular flexibility index (Phi) is 2.76. The van der Waals surface area contributed by atoms with Crippen LogP contribution in [0.15, 0.2) is 10.1 Å². The maximum absolute atomic E-state index is 11.4. The minimum absolute atomic E-state index is 0.0232. The summed E-state index contributed by atoms with van der Waals surface area (Å²) in [5.74, 6) is -0.445. The van der Waals surface area contributed by atoms with Crippen molar-refractivity contribution < 1.29 is 10.0 Å². The topological polar surface area (TPSA) is 91.3 Å². The van der Waals surface area contributed by atoms with Crippen molar-refractivity contribution in [1.29, 1.82) is 0 Å². The fraction of sp³-hybridized carbons (Fsp3) is 0.500. The maximum atomic E-state index is 11.4. The van der Waals surface area contributed by atoms with Gasteiger partial charge in [0, 0.05) is 7.05 Å². The van der Waals surface area contributed by atoms with E-state index in [-0.39, 0.29) is 17.0 Å². The molecule has 7 heteroatoms. The highest BCUT2D eigenvalue weighted by Gasteiger charge is 2.31. The first kappa shape index (κ1) is 9.85. The molecule has 1 atom stereocenters. The molecule has 0 saturated carbocycles. The van der Waals surface area contributed by atoms with Crippen LogP contribution in [0.2, 0.25) is 0 Å². The van der Waals surface area contributed by atoms with E-state index in [9.17, 15) is 4.79 Å². The van der Waals surface area contributed by atoms with Gasteiger partial charge in [-0.2, -0.15) is 0 Å². The third kappa shape index (κ3) is 1.59. The Hall–Kier alpha value is -1.24. The van der Waals surface area contributed by atoms with E-state index < -0.39 is 5.91 Å². The van der Waals surface area contributed by atoms with Crippen molar-refractivity contribution >= 4 is 29.2 Å². The molecule has 0 saturated heterocycles. The molecular weight excluding hydrogens is 192 g/mol. The molecule has 0 aromatic rings. The summed E-state index contributed by atoms with van der Waals surface area (Å²) in [5, 5.41) is 11.3. The first-order valence-electron chi connectivity index (χ1n) is 3.47. The fourth-order valence-corrected chi connectivity index (χ4v) is 1.58. The molecule has 1 amide bonds. The smallest absolute Gasteiger partial charge is 0.281 e. The van der Waals surface area contributed by atoms with E-state index in [0.717, 1.165) is 0 Å². The molecule has 1 heterocycles. The summed E-state index contributed by atoms with van der Waals surface area (Å²) in [6.45, 7) is 0. The Morgan fingerprint density at radius 3 is 2.85 bits per heavy atom. The van der Waals surface area contributed by atoms with Crippen molar-refractivity contribution in [2.24, 2.45) is 15.9 Å². The molecule has 0 aromatic carbocycles. The Bertz CT molecular complexity index is 288. The monoisotopic (exact) mass is 202 g/mol.